The number of halogens is 1. The van der Waals surface area contributed by atoms with Gasteiger partial charge in [-0.1, -0.05) is 53.7 Å². The molecule has 3 rings (SSSR count). The molecule has 1 heterocycles. The van der Waals surface area contributed by atoms with E-state index in [1.54, 1.807) is 24.0 Å². The molecular formula is C19H19FN2OS. The number of thioether (sulfide) groups is 1. The molecule has 3 aromatic rings. The molecule has 0 aliphatic heterocycles. The van der Waals surface area contributed by atoms with Crippen LogP contribution in [0.3, 0.4) is 0 Å². The first-order valence-corrected chi connectivity index (χ1v) is 8.72. The highest BCUT2D eigenvalue weighted by Gasteiger charge is 2.11. The van der Waals surface area contributed by atoms with E-state index in [2.05, 4.69) is 30.1 Å². The Morgan fingerprint density at radius 1 is 1.12 bits per heavy atom. The van der Waals surface area contributed by atoms with Crippen LogP contribution in [0.4, 0.5) is 4.39 Å². The summed E-state index contributed by atoms with van der Waals surface area (Å²) in [7, 11) is 0. The van der Waals surface area contributed by atoms with E-state index < -0.39 is 0 Å². The van der Waals surface area contributed by atoms with Crippen LogP contribution in [-0.2, 0) is 18.9 Å². The lowest BCUT2D eigenvalue weighted by Crippen LogP contribution is -2.06. The molecule has 2 aromatic carbocycles. The normalized spacial score (nSPS) is 11.0. The number of aryl methyl sites for hydroxylation is 1. The fourth-order valence-electron chi connectivity index (χ4n) is 2.57. The third kappa shape index (κ3) is 4.04. The molecular weight excluding hydrogens is 323 g/mol. The Kier molecular flexibility index (Phi) is 5.33. The van der Waals surface area contributed by atoms with E-state index in [9.17, 15) is 9.50 Å². The quantitative estimate of drug-likeness (QED) is 0.684. The van der Waals surface area contributed by atoms with Gasteiger partial charge in [0, 0.05) is 12.3 Å². The van der Waals surface area contributed by atoms with E-state index in [0.29, 0.717) is 12.3 Å². The summed E-state index contributed by atoms with van der Waals surface area (Å²) in [5, 5.41) is 10.4. The van der Waals surface area contributed by atoms with Gasteiger partial charge in [0.15, 0.2) is 5.16 Å². The molecule has 0 radical (unpaired) electrons. The van der Waals surface area contributed by atoms with Gasteiger partial charge in [0.25, 0.3) is 0 Å². The first kappa shape index (κ1) is 16.7. The molecule has 0 amide bonds. The van der Waals surface area contributed by atoms with E-state index in [1.807, 2.05) is 16.7 Å². The smallest absolute Gasteiger partial charge is 0.168 e. The molecule has 24 heavy (non-hydrogen) atoms. The standard InChI is InChI=1S/C19H19FN2OS/c1-14-4-2-5-15(8-14)11-22-18(12-23)10-21-19(22)24-13-16-6-3-7-17(20)9-16/h2-10,23H,11-13H2,1H3. The molecule has 0 atom stereocenters. The van der Waals surface area contributed by atoms with Gasteiger partial charge in [-0.3, -0.25) is 0 Å². The van der Waals surface area contributed by atoms with Gasteiger partial charge in [0.2, 0.25) is 0 Å². The van der Waals surface area contributed by atoms with E-state index in [-0.39, 0.29) is 12.4 Å². The molecule has 0 bridgehead atoms. The number of benzene rings is 2. The molecule has 0 saturated carbocycles. The van der Waals surface area contributed by atoms with Gasteiger partial charge in [-0.25, -0.2) is 9.37 Å². The Hall–Kier alpha value is -2.11. The highest BCUT2D eigenvalue weighted by molar-refractivity contribution is 7.98. The van der Waals surface area contributed by atoms with E-state index in [1.165, 1.54) is 17.7 Å². The van der Waals surface area contributed by atoms with Crippen molar-refractivity contribution in [2.24, 2.45) is 0 Å². The van der Waals surface area contributed by atoms with Crippen LogP contribution in [0.5, 0.6) is 0 Å². The van der Waals surface area contributed by atoms with Gasteiger partial charge in [-0.05, 0) is 30.2 Å². The highest BCUT2D eigenvalue weighted by Crippen LogP contribution is 2.24. The zero-order valence-corrected chi connectivity index (χ0v) is 14.3. The molecule has 0 fully saturated rings. The summed E-state index contributed by atoms with van der Waals surface area (Å²) in [6, 6.07) is 14.9. The molecule has 3 nitrogen and oxygen atoms in total. The average Bonchev–Trinajstić information content (AvgIpc) is 2.95. The van der Waals surface area contributed by atoms with E-state index in [4.69, 9.17) is 0 Å². The minimum Gasteiger partial charge on any atom is -0.390 e. The fourth-order valence-corrected chi connectivity index (χ4v) is 3.51. The van der Waals surface area contributed by atoms with Crippen molar-refractivity contribution in [1.82, 2.24) is 9.55 Å². The van der Waals surface area contributed by atoms with Crippen molar-refractivity contribution < 1.29 is 9.50 Å². The summed E-state index contributed by atoms with van der Waals surface area (Å²) in [6.07, 6.45) is 1.70. The fraction of sp³-hybridized carbons (Fsp3) is 0.211. The van der Waals surface area contributed by atoms with Gasteiger partial charge in [-0.15, -0.1) is 0 Å². The third-order valence-electron chi connectivity index (χ3n) is 3.74. The minimum atomic E-state index is -0.229. The van der Waals surface area contributed by atoms with Crippen molar-refractivity contribution in [2.75, 3.05) is 0 Å². The molecule has 0 unspecified atom stereocenters. The molecule has 1 aromatic heterocycles. The SMILES string of the molecule is Cc1cccc(Cn2c(CO)cnc2SCc2cccc(F)c2)c1. The van der Waals surface area contributed by atoms with Gasteiger partial charge in [0.1, 0.15) is 5.82 Å². The number of aliphatic hydroxyl groups is 1. The summed E-state index contributed by atoms with van der Waals surface area (Å²) in [6.45, 7) is 2.66. The van der Waals surface area contributed by atoms with Gasteiger partial charge >= 0.3 is 0 Å². The molecule has 0 aliphatic carbocycles. The Morgan fingerprint density at radius 3 is 2.67 bits per heavy atom. The minimum absolute atomic E-state index is 0.0562. The topological polar surface area (TPSA) is 38.0 Å². The summed E-state index contributed by atoms with van der Waals surface area (Å²) < 4.78 is 15.3. The molecule has 0 saturated heterocycles. The Bertz CT molecular complexity index is 832. The Balaban J connectivity index is 1.79. The van der Waals surface area contributed by atoms with Crippen LogP contribution in [0.25, 0.3) is 0 Å². The maximum atomic E-state index is 13.3. The number of rotatable bonds is 6. The monoisotopic (exact) mass is 342 g/mol. The lowest BCUT2D eigenvalue weighted by molar-refractivity contribution is 0.270. The van der Waals surface area contributed by atoms with Crippen molar-refractivity contribution in [3.05, 3.63) is 82.9 Å². The zero-order valence-electron chi connectivity index (χ0n) is 13.4. The summed E-state index contributed by atoms with van der Waals surface area (Å²) in [5.74, 6) is 0.403. The second-order valence-electron chi connectivity index (χ2n) is 5.68. The van der Waals surface area contributed by atoms with Gasteiger partial charge < -0.3 is 9.67 Å². The van der Waals surface area contributed by atoms with Crippen LogP contribution in [0.1, 0.15) is 22.4 Å². The van der Waals surface area contributed by atoms with E-state index >= 15 is 0 Å². The maximum Gasteiger partial charge on any atom is 0.168 e. The lowest BCUT2D eigenvalue weighted by atomic mass is 10.1. The van der Waals surface area contributed by atoms with Crippen LogP contribution in [0.2, 0.25) is 0 Å². The molecule has 1 N–H and O–H groups in total. The number of hydrogen-bond donors (Lipinski definition) is 1. The first-order valence-electron chi connectivity index (χ1n) is 7.74. The second kappa shape index (κ2) is 7.64. The summed E-state index contributed by atoms with van der Waals surface area (Å²) in [4.78, 5) is 4.42. The maximum absolute atomic E-state index is 13.3. The molecule has 5 heteroatoms. The van der Waals surface area contributed by atoms with Crippen LogP contribution in [0.15, 0.2) is 59.9 Å². The van der Waals surface area contributed by atoms with Crippen LogP contribution >= 0.6 is 11.8 Å². The Labute approximate surface area is 145 Å². The van der Waals surface area contributed by atoms with Crippen molar-refractivity contribution >= 4 is 11.8 Å². The third-order valence-corrected chi connectivity index (χ3v) is 4.81. The van der Waals surface area contributed by atoms with Crippen LogP contribution in [-0.4, -0.2) is 14.7 Å². The average molecular weight is 342 g/mol. The first-order chi connectivity index (χ1) is 11.7. The number of aromatic nitrogens is 2. The second-order valence-corrected chi connectivity index (χ2v) is 6.63. The number of nitrogens with zero attached hydrogens (tertiary/aromatic N) is 2. The predicted molar refractivity (Wildman–Crippen MR) is 94.4 cm³/mol. The van der Waals surface area contributed by atoms with Crippen molar-refractivity contribution in [2.45, 2.75) is 31.0 Å². The number of aliphatic hydroxyl groups excluding tert-OH is 1. The van der Waals surface area contributed by atoms with Gasteiger partial charge in [0.05, 0.1) is 18.5 Å². The van der Waals surface area contributed by atoms with E-state index in [0.717, 1.165) is 22.0 Å². The molecule has 0 spiro atoms. The summed E-state index contributed by atoms with van der Waals surface area (Å²) in [5.41, 5.74) is 4.05. The lowest BCUT2D eigenvalue weighted by Gasteiger charge is -2.11. The van der Waals surface area contributed by atoms with Crippen molar-refractivity contribution in [3.63, 3.8) is 0 Å². The zero-order chi connectivity index (χ0) is 16.9. The van der Waals surface area contributed by atoms with Crippen molar-refractivity contribution in [1.29, 1.82) is 0 Å². The van der Waals surface area contributed by atoms with Crippen LogP contribution in [0, 0.1) is 12.7 Å². The highest BCUT2D eigenvalue weighted by atomic mass is 32.2. The Morgan fingerprint density at radius 2 is 1.92 bits per heavy atom. The number of hydrogen-bond acceptors (Lipinski definition) is 3. The number of imidazole rings is 1. The molecule has 0 aliphatic rings. The van der Waals surface area contributed by atoms with Crippen molar-refractivity contribution in [3.8, 4) is 0 Å². The largest absolute Gasteiger partial charge is 0.390 e. The van der Waals surface area contributed by atoms with Gasteiger partial charge in [-0.2, -0.15) is 0 Å². The summed E-state index contributed by atoms with van der Waals surface area (Å²) >= 11 is 1.54. The van der Waals surface area contributed by atoms with Crippen LogP contribution < -0.4 is 0 Å². The predicted octanol–water partition coefficient (Wildman–Crippen LogP) is 4.16. The molecule has 124 valence electrons.